The minimum atomic E-state index is -0.0159. The number of hydrogen-bond acceptors (Lipinski definition) is 2. The Balaban J connectivity index is 1.86. The first-order valence-electron chi connectivity index (χ1n) is 7.27. The van der Waals surface area contributed by atoms with Crippen molar-refractivity contribution in [1.29, 1.82) is 0 Å². The van der Waals surface area contributed by atoms with Crippen LogP contribution in [0.3, 0.4) is 0 Å². The molecular formula is C17H23N3O. The van der Waals surface area contributed by atoms with Gasteiger partial charge >= 0.3 is 0 Å². The van der Waals surface area contributed by atoms with Crippen LogP contribution in [0.25, 0.3) is 0 Å². The van der Waals surface area contributed by atoms with Crippen molar-refractivity contribution in [2.45, 2.75) is 39.9 Å². The standard InChI is InChI=1S/C17H23N3O/c1-13(2)18-10-15-8-9-20(11-15)12-17(21)19-16-6-4-14(3)5-7-16/h4-9,11,13,18H,10,12H2,1-3H3,(H,19,21). The van der Waals surface area contributed by atoms with Crippen molar-refractivity contribution in [3.8, 4) is 0 Å². The summed E-state index contributed by atoms with van der Waals surface area (Å²) in [5.74, 6) is -0.0159. The molecule has 0 bridgehead atoms. The van der Waals surface area contributed by atoms with E-state index in [9.17, 15) is 4.79 Å². The van der Waals surface area contributed by atoms with Crippen molar-refractivity contribution in [3.63, 3.8) is 0 Å². The Labute approximate surface area is 126 Å². The number of aromatic nitrogens is 1. The smallest absolute Gasteiger partial charge is 0.244 e. The minimum absolute atomic E-state index is 0.0159. The van der Waals surface area contributed by atoms with Crippen LogP contribution in [0.1, 0.15) is 25.0 Å². The van der Waals surface area contributed by atoms with E-state index in [4.69, 9.17) is 0 Å². The Morgan fingerprint density at radius 2 is 1.90 bits per heavy atom. The van der Waals surface area contributed by atoms with E-state index in [1.54, 1.807) is 0 Å². The molecule has 1 aromatic heterocycles. The van der Waals surface area contributed by atoms with Crippen LogP contribution in [0, 0.1) is 6.92 Å². The van der Waals surface area contributed by atoms with Crippen molar-refractivity contribution in [2.24, 2.45) is 0 Å². The second kappa shape index (κ2) is 7.09. The molecule has 0 spiro atoms. The van der Waals surface area contributed by atoms with Crippen LogP contribution in [0.5, 0.6) is 0 Å². The number of hydrogen-bond donors (Lipinski definition) is 2. The molecule has 1 amide bonds. The number of nitrogens with one attached hydrogen (secondary N) is 2. The van der Waals surface area contributed by atoms with Gasteiger partial charge in [0.1, 0.15) is 6.54 Å². The molecule has 4 nitrogen and oxygen atoms in total. The molecule has 1 heterocycles. The zero-order valence-corrected chi connectivity index (χ0v) is 12.9. The molecule has 0 aliphatic rings. The van der Waals surface area contributed by atoms with Crippen molar-refractivity contribution < 1.29 is 4.79 Å². The Hall–Kier alpha value is -2.07. The summed E-state index contributed by atoms with van der Waals surface area (Å²) in [7, 11) is 0. The van der Waals surface area contributed by atoms with Gasteiger partial charge in [0, 0.05) is 30.7 Å². The van der Waals surface area contributed by atoms with Crippen molar-refractivity contribution in [1.82, 2.24) is 9.88 Å². The van der Waals surface area contributed by atoms with Gasteiger partial charge in [-0.05, 0) is 30.7 Å². The molecule has 0 saturated heterocycles. The Kier molecular flexibility index (Phi) is 5.17. The third kappa shape index (κ3) is 5.08. The van der Waals surface area contributed by atoms with Gasteiger partial charge in [-0.1, -0.05) is 31.5 Å². The summed E-state index contributed by atoms with van der Waals surface area (Å²) in [6, 6.07) is 10.3. The molecule has 2 aromatic rings. The van der Waals surface area contributed by atoms with Crippen LogP contribution in [-0.2, 0) is 17.9 Å². The highest BCUT2D eigenvalue weighted by Crippen LogP contribution is 2.09. The fraction of sp³-hybridized carbons (Fsp3) is 0.353. The van der Waals surface area contributed by atoms with Crippen LogP contribution < -0.4 is 10.6 Å². The van der Waals surface area contributed by atoms with Gasteiger partial charge in [0.05, 0.1) is 0 Å². The first kappa shape index (κ1) is 15.3. The van der Waals surface area contributed by atoms with E-state index < -0.39 is 0 Å². The number of benzene rings is 1. The van der Waals surface area contributed by atoms with Crippen LogP contribution in [0.4, 0.5) is 5.69 Å². The van der Waals surface area contributed by atoms with Crippen LogP contribution in [-0.4, -0.2) is 16.5 Å². The fourth-order valence-corrected chi connectivity index (χ4v) is 2.02. The van der Waals surface area contributed by atoms with Crippen LogP contribution in [0.2, 0.25) is 0 Å². The number of rotatable bonds is 6. The molecule has 0 radical (unpaired) electrons. The summed E-state index contributed by atoms with van der Waals surface area (Å²) in [6.45, 7) is 7.41. The van der Waals surface area contributed by atoms with Gasteiger partial charge in [0.25, 0.3) is 0 Å². The summed E-state index contributed by atoms with van der Waals surface area (Å²) in [5, 5.41) is 6.26. The van der Waals surface area contributed by atoms with Gasteiger partial charge in [-0.15, -0.1) is 0 Å². The minimum Gasteiger partial charge on any atom is -0.345 e. The van der Waals surface area contributed by atoms with Gasteiger partial charge in [-0.25, -0.2) is 0 Å². The number of anilines is 1. The summed E-state index contributed by atoms with van der Waals surface area (Å²) < 4.78 is 1.90. The molecule has 0 saturated carbocycles. The lowest BCUT2D eigenvalue weighted by atomic mass is 10.2. The lowest BCUT2D eigenvalue weighted by Gasteiger charge is -2.07. The van der Waals surface area contributed by atoms with E-state index in [0.717, 1.165) is 12.2 Å². The maximum Gasteiger partial charge on any atom is 0.244 e. The van der Waals surface area contributed by atoms with E-state index in [0.29, 0.717) is 12.6 Å². The maximum absolute atomic E-state index is 12.0. The Morgan fingerprint density at radius 1 is 1.19 bits per heavy atom. The topological polar surface area (TPSA) is 46.1 Å². The van der Waals surface area contributed by atoms with E-state index in [2.05, 4.69) is 24.5 Å². The molecule has 2 N–H and O–H groups in total. The quantitative estimate of drug-likeness (QED) is 0.857. The molecule has 1 aromatic carbocycles. The molecule has 0 atom stereocenters. The second-order valence-electron chi connectivity index (χ2n) is 5.64. The predicted octanol–water partition coefficient (Wildman–Crippen LogP) is 2.93. The lowest BCUT2D eigenvalue weighted by molar-refractivity contribution is -0.116. The first-order chi connectivity index (χ1) is 10.0. The highest BCUT2D eigenvalue weighted by molar-refractivity contribution is 5.90. The normalized spacial score (nSPS) is 10.9. The van der Waals surface area contributed by atoms with Gasteiger partial charge in [-0.2, -0.15) is 0 Å². The maximum atomic E-state index is 12.0. The summed E-state index contributed by atoms with van der Waals surface area (Å²) >= 11 is 0. The second-order valence-corrected chi connectivity index (χ2v) is 5.64. The molecule has 4 heteroatoms. The average molecular weight is 285 g/mol. The molecule has 21 heavy (non-hydrogen) atoms. The monoisotopic (exact) mass is 285 g/mol. The molecule has 0 aliphatic heterocycles. The summed E-state index contributed by atoms with van der Waals surface area (Å²) in [4.78, 5) is 12.0. The molecule has 0 aliphatic carbocycles. The largest absolute Gasteiger partial charge is 0.345 e. The average Bonchev–Trinajstić information content (AvgIpc) is 2.86. The van der Waals surface area contributed by atoms with E-state index >= 15 is 0 Å². The zero-order valence-electron chi connectivity index (χ0n) is 12.9. The SMILES string of the molecule is Cc1ccc(NC(=O)Cn2ccc(CNC(C)C)c2)cc1. The van der Waals surface area contributed by atoms with Crippen LogP contribution in [0.15, 0.2) is 42.7 Å². The number of amides is 1. The third-order valence-electron chi connectivity index (χ3n) is 3.19. The van der Waals surface area contributed by atoms with Crippen molar-refractivity contribution >= 4 is 11.6 Å². The highest BCUT2D eigenvalue weighted by Gasteiger charge is 2.04. The predicted molar refractivity (Wildman–Crippen MR) is 86.2 cm³/mol. The van der Waals surface area contributed by atoms with E-state index in [-0.39, 0.29) is 5.91 Å². The van der Waals surface area contributed by atoms with Crippen LogP contribution >= 0.6 is 0 Å². The van der Waals surface area contributed by atoms with Crippen molar-refractivity contribution in [3.05, 3.63) is 53.9 Å². The van der Waals surface area contributed by atoms with Gasteiger partial charge in [0.2, 0.25) is 5.91 Å². The number of carbonyl (C=O) groups excluding carboxylic acids is 1. The van der Waals surface area contributed by atoms with E-state index in [1.807, 2.05) is 54.2 Å². The number of aryl methyl sites for hydroxylation is 1. The fourth-order valence-electron chi connectivity index (χ4n) is 2.02. The van der Waals surface area contributed by atoms with Crippen molar-refractivity contribution in [2.75, 3.05) is 5.32 Å². The molecule has 2 rings (SSSR count). The molecule has 0 unspecified atom stereocenters. The Morgan fingerprint density at radius 3 is 2.57 bits per heavy atom. The highest BCUT2D eigenvalue weighted by atomic mass is 16.1. The zero-order chi connectivity index (χ0) is 15.2. The molecule has 112 valence electrons. The first-order valence-corrected chi connectivity index (χ1v) is 7.27. The van der Waals surface area contributed by atoms with Gasteiger partial charge < -0.3 is 15.2 Å². The third-order valence-corrected chi connectivity index (χ3v) is 3.19. The summed E-state index contributed by atoms with van der Waals surface area (Å²) in [6.07, 6.45) is 3.94. The lowest BCUT2D eigenvalue weighted by Crippen LogP contribution is -2.21. The van der Waals surface area contributed by atoms with Gasteiger partial charge in [0.15, 0.2) is 0 Å². The Bertz CT molecular complexity index is 584. The molecular weight excluding hydrogens is 262 g/mol. The number of nitrogens with zero attached hydrogens (tertiary/aromatic N) is 1. The van der Waals surface area contributed by atoms with E-state index in [1.165, 1.54) is 11.1 Å². The van der Waals surface area contributed by atoms with Gasteiger partial charge in [-0.3, -0.25) is 4.79 Å². The molecule has 0 fully saturated rings. The number of carbonyl (C=O) groups is 1. The summed E-state index contributed by atoms with van der Waals surface area (Å²) in [5.41, 5.74) is 3.20.